The van der Waals surface area contributed by atoms with Crippen molar-refractivity contribution in [3.63, 3.8) is 0 Å². The highest BCUT2D eigenvalue weighted by atomic mass is 35.5. The van der Waals surface area contributed by atoms with E-state index in [-0.39, 0.29) is 11.3 Å². The van der Waals surface area contributed by atoms with Crippen LogP contribution in [0.25, 0.3) is 22.0 Å². The van der Waals surface area contributed by atoms with Crippen LogP contribution in [-0.2, 0) is 7.05 Å². The molecule has 144 valence electrons. The number of para-hydroxylation sites is 1. The normalized spacial score (nSPS) is 10.9. The number of carbonyl (C=O) groups is 1. The SMILES string of the molecule is Cc1ccc(C(=O)Nc2c(-c3ccccc3Cl)c(=O)c3ccccc3n2C)cc1. The van der Waals surface area contributed by atoms with E-state index in [0.29, 0.717) is 32.9 Å². The molecule has 29 heavy (non-hydrogen) atoms. The summed E-state index contributed by atoms with van der Waals surface area (Å²) in [6.07, 6.45) is 0. The minimum absolute atomic E-state index is 0.175. The van der Waals surface area contributed by atoms with Gasteiger partial charge in [-0.3, -0.25) is 9.59 Å². The van der Waals surface area contributed by atoms with Crippen molar-refractivity contribution in [2.75, 3.05) is 5.32 Å². The summed E-state index contributed by atoms with van der Waals surface area (Å²) in [5.41, 5.74) is 3.09. The van der Waals surface area contributed by atoms with Crippen molar-refractivity contribution < 1.29 is 4.79 Å². The highest BCUT2D eigenvalue weighted by Gasteiger charge is 2.20. The zero-order chi connectivity index (χ0) is 20.5. The Labute approximate surface area is 173 Å². The third-order valence-electron chi connectivity index (χ3n) is 5.00. The number of hydrogen-bond donors (Lipinski definition) is 1. The lowest BCUT2D eigenvalue weighted by atomic mass is 10.0. The summed E-state index contributed by atoms with van der Waals surface area (Å²) in [7, 11) is 1.83. The average molecular weight is 403 g/mol. The molecule has 4 aromatic rings. The van der Waals surface area contributed by atoms with Crippen molar-refractivity contribution in [3.05, 3.63) is 99.2 Å². The smallest absolute Gasteiger partial charge is 0.256 e. The number of aryl methyl sites for hydroxylation is 2. The van der Waals surface area contributed by atoms with Gasteiger partial charge in [-0.1, -0.05) is 59.6 Å². The monoisotopic (exact) mass is 402 g/mol. The molecule has 0 aliphatic rings. The standard InChI is InChI=1S/C24H19ClN2O2/c1-15-11-13-16(14-12-15)24(29)26-23-21(17-7-3-5-9-19(17)25)22(28)18-8-4-6-10-20(18)27(23)2/h3-14H,1-2H3,(H,26,29). The number of carbonyl (C=O) groups excluding carboxylic acids is 1. The van der Waals surface area contributed by atoms with Gasteiger partial charge in [-0.05, 0) is 37.3 Å². The highest BCUT2D eigenvalue weighted by Crippen LogP contribution is 2.33. The molecule has 1 heterocycles. The third kappa shape index (κ3) is 3.43. The zero-order valence-electron chi connectivity index (χ0n) is 16.1. The van der Waals surface area contributed by atoms with Crippen molar-refractivity contribution in [2.45, 2.75) is 6.92 Å². The molecule has 0 spiro atoms. The van der Waals surface area contributed by atoms with Crippen LogP contribution >= 0.6 is 11.6 Å². The predicted octanol–water partition coefficient (Wildman–Crippen LogP) is 5.42. The third-order valence-corrected chi connectivity index (χ3v) is 5.33. The molecule has 1 aromatic heterocycles. The molecule has 0 unspecified atom stereocenters. The number of anilines is 1. The van der Waals surface area contributed by atoms with Gasteiger partial charge in [0.15, 0.2) is 5.43 Å². The number of hydrogen-bond acceptors (Lipinski definition) is 2. The number of halogens is 1. The second kappa shape index (κ2) is 7.57. The largest absolute Gasteiger partial charge is 0.330 e. The van der Waals surface area contributed by atoms with Gasteiger partial charge in [0.25, 0.3) is 5.91 Å². The Kier molecular flexibility index (Phi) is 4.95. The Hall–Kier alpha value is -3.37. The highest BCUT2D eigenvalue weighted by molar-refractivity contribution is 6.33. The number of aromatic nitrogens is 1. The van der Waals surface area contributed by atoms with Gasteiger partial charge in [-0.2, -0.15) is 0 Å². The first kappa shape index (κ1) is 19.0. The lowest BCUT2D eigenvalue weighted by molar-refractivity contribution is 0.102. The van der Waals surface area contributed by atoms with Gasteiger partial charge < -0.3 is 9.88 Å². The van der Waals surface area contributed by atoms with Crippen molar-refractivity contribution in [1.82, 2.24) is 4.57 Å². The van der Waals surface area contributed by atoms with Gasteiger partial charge in [-0.15, -0.1) is 0 Å². The van der Waals surface area contributed by atoms with E-state index in [4.69, 9.17) is 11.6 Å². The Morgan fingerprint density at radius 3 is 2.31 bits per heavy atom. The summed E-state index contributed by atoms with van der Waals surface area (Å²) in [4.78, 5) is 26.3. The molecular weight excluding hydrogens is 384 g/mol. The van der Waals surface area contributed by atoms with Gasteiger partial charge in [0, 0.05) is 28.6 Å². The maximum Gasteiger partial charge on any atom is 0.256 e. The second-order valence-electron chi connectivity index (χ2n) is 6.93. The first-order chi connectivity index (χ1) is 14.0. The molecule has 0 aliphatic carbocycles. The van der Waals surface area contributed by atoms with Crippen molar-refractivity contribution in [2.24, 2.45) is 7.05 Å². The number of nitrogens with one attached hydrogen (secondary N) is 1. The van der Waals surface area contributed by atoms with Crippen LogP contribution in [0.3, 0.4) is 0 Å². The molecule has 0 saturated heterocycles. The van der Waals surface area contributed by atoms with Gasteiger partial charge in [0.2, 0.25) is 0 Å². The number of fused-ring (bicyclic) bond motifs is 1. The van der Waals surface area contributed by atoms with E-state index in [1.165, 1.54) is 0 Å². The Morgan fingerprint density at radius 2 is 1.59 bits per heavy atom. The molecule has 0 fully saturated rings. The average Bonchev–Trinajstić information content (AvgIpc) is 2.73. The van der Waals surface area contributed by atoms with Crippen molar-refractivity contribution in [3.8, 4) is 11.1 Å². The fourth-order valence-electron chi connectivity index (χ4n) is 3.43. The molecule has 1 N–H and O–H groups in total. The quantitative estimate of drug-likeness (QED) is 0.497. The van der Waals surface area contributed by atoms with Crippen LogP contribution in [0.4, 0.5) is 5.82 Å². The number of rotatable bonds is 3. The van der Waals surface area contributed by atoms with Gasteiger partial charge in [0.1, 0.15) is 5.82 Å². The predicted molar refractivity (Wildman–Crippen MR) is 119 cm³/mol. The summed E-state index contributed by atoms with van der Waals surface area (Å²) < 4.78 is 1.82. The Morgan fingerprint density at radius 1 is 0.931 bits per heavy atom. The molecule has 4 rings (SSSR count). The summed E-state index contributed by atoms with van der Waals surface area (Å²) in [6, 6.07) is 21.8. The van der Waals surface area contributed by atoms with E-state index in [9.17, 15) is 9.59 Å². The van der Waals surface area contributed by atoms with Crippen LogP contribution < -0.4 is 10.7 Å². The molecule has 0 radical (unpaired) electrons. The van der Waals surface area contributed by atoms with Gasteiger partial charge >= 0.3 is 0 Å². The Balaban J connectivity index is 1.96. The molecular formula is C24H19ClN2O2. The molecule has 0 aliphatic heterocycles. The molecule has 3 aromatic carbocycles. The zero-order valence-corrected chi connectivity index (χ0v) is 16.8. The summed E-state index contributed by atoms with van der Waals surface area (Å²) in [5, 5.41) is 3.96. The summed E-state index contributed by atoms with van der Waals surface area (Å²) in [6.45, 7) is 1.96. The number of amides is 1. The molecule has 0 atom stereocenters. The van der Waals surface area contributed by atoms with Crippen LogP contribution in [0.2, 0.25) is 5.02 Å². The Bertz CT molecular complexity index is 1290. The van der Waals surface area contributed by atoms with Crippen LogP contribution in [0.15, 0.2) is 77.6 Å². The van der Waals surface area contributed by atoms with E-state index in [0.717, 1.165) is 11.1 Å². The number of benzene rings is 3. The van der Waals surface area contributed by atoms with Crippen molar-refractivity contribution in [1.29, 1.82) is 0 Å². The molecule has 0 bridgehead atoms. The maximum atomic E-state index is 13.4. The lowest BCUT2D eigenvalue weighted by Crippen LogP contribution is -2.21. The number of nitrogens with zero attached hydrogens (tertiary/aromatic N) is 1. The topological polar surface area (TPSA) is 51.1 Å². The minimum atomic E-state index is -0.288. The maximum absolute atomic E-state index is 13.4. The first-order valence-electron chi connectivity index (χ1n) is 9.22. The molecule has 4 nitrogen and oxygen atoms in total. The fraction of sp³-hybridized carbons (Fsp3) is 0.0833. The van der Waals surface area contributed by atoms with Gasteiger partial charge in [-0.25, -0.2) is 0 Å². The van der Waals surface area contributed by atoms with Crippen LogP contribution in [0, 0.1) is 6.92 Å². The van der Waals surface area contributed by atoms with E-state index in [2.05, 4.69) is 5.32 Å². The van der Waals surface area contributed by atoms with E-state index < -0.39 is 0 Å². The molecule has 0 saturated carbocycles. The first-order valence-corrected chi connectivity index (χ1v) is 9.60. The van der Waals surface area contributed by atoms with Crippen LogP contribution in [0.1, 0.15) is 15.9 Å². The van der Waals surface area contributed by atoms with Gasteiger partial charge in [0.05, 0.1) is 11.1 Å². The fourth-order valence-corrected chi connectivity index (χ4v) is 3.66. The summed E-state index contributed by atoms with van der Waals surface area (Å²) >= 11 is 6.42. The second-order valence-corrected chi connectivity index (χ2v) is 7.34. The lowest BCUT2D eigenvalue weighted by Gasteiger charge is -2.19. The van der Waals surface area contributed by atoms with Crippen LogP contribution in [0.5, 0.6) is 0 Å². The molecule has 5 heteroatoms. The number of pyridine rings is 1. The van der Waals surface area contributed by atoms with Crippen molar-refractivity contribution >= 4 is 34.2 Å². The van der Waals surface area contributed by atoms with E-state index >= 15 is 0 Å². The minimum Gasteiger partial charge on any atom is -0.330 e. The molecule has 1 amide bonds. The van der Waals surface area contributed by atoms with Crippen LogP contribution in [-0.4, -0.2) is 10.5 Å². The summed E-state index contributed by atoms with van der Waals surface area (Å²) in [5.74, 6) is 0.121. The van der Waals surface area contributed by atoms with E-state index in [1.54, 1.807) is 30.3 Å². The van der Waals surface area contributed by atoms with E-state index in [1.807, 2.05) is 61.0 Å².